The lowest BCUT2D eigenvalue weighted by Crippen LogP contribution is -2.34. The molecule has 0 saturated carbocycles. The van der Waals surface area contributed by atoms with Gasteiger partial charge in [-0.25, -0.2) is 0 Å². The average molecular weight is 328 g/mol. The third-order valence-corrected chi connectivity index (χ3v) is 3.68. The minimum atomic E-state index is -0.477. The second kappa shape index (κ2) is 6.12. The van der Waals surface area contributed by atoms with Crippen LogP contribution in [0.25, 0.3) is 0 Å². The van der Waals surface area contributed by atoms with Crippen molar-refractivity contribution in [2.45, 2.75) is 6.42 Å². The minimum Gasteiger partial charge on any atom is -0.337 e. The number of benzene rings is 1. The van der Waals surface area contributed by atoms with Gasteiger partial charge >= 0.3 is 0 Å². The molecule has 7 heteroatoms. The maximum atomic E-state index is 12.4. The summed E-state index contributed by atoms with van der Waals surface area (Å²) in [6, 6.07) is 4.22. The van der Waals surface area contributed by atoms with Crippen molar-refractivity contribution < 1.29 is 9.72 Å². The molecule has 1 fully saturated rings. The molecule has 102 valence electrons. The van der Waals surface area contributed by atoms with Crippen LogP contribution in [0.2, 0.25) is 0 Å². The summed E-state index contributed by atoms with van der Waals surface area (Å²) in [5.41, 5.74) is 0.438. The van der Waals surface area contributed by atoms with Crippen LogP contribution in [0, 0.1) is 10.1 Å². The summed E-state index contributed by atoms with van der Waals surface area (Å²) >= 11 is 3.23. The monoisotopic (exact) mass is 327 g/mol. The van der Waals surface area contributed by atoms with E-state index < -0.39 is 4.92 Å². The first-order valence-corrected chi connectivity index (χ1v) is 6.83. The molecule has 0 aliphatic carbocycles. The van der Waals surface area contributed by atoms with Crippen molar-refractivity contribution in [3.05, 3.63) is 38.3 Å². The van der Waals surface area contributed by atoms with Crippen molar-refractivity contribution in [2.24, 2.45) is 0 Å². The van der Waals surface area contributed by atoms with Gasteiger partial charge in [-0.3, -0.25) is 14.9 Å². The molecule has 1 aromatic carbocycles. The van der Waals surface area contributed by atoms with Gasteiger partial charge in [0.05, 0.1) is 10.5 Å². The van der Waals surface area contributed by atoms with Gasteiger partial charge in [0, 0.05) is 36.2 Å². The number of non-ortho nitro benzene ring substituents is 1. The number of hydrogen-bond donors (Lipinski definition) is 1. The standard InChI is InChI=1S/C12H14BrN3O3/c13-11-8-9(16(18)19)2-3-10(11)12(17)15-6-1-4-14-5-7-15/h2-3,8,14H,1,4-7H2. The Labute approximate surface area is 119 Å². The number of nitro groups is 1. The number of carbonyl (C=O) groups is 1. The Bertz CT molecular complexity index is 499. The predicted octanol–water partition coefficient (Wildman–Crippen LogP) is 1.79. The topological polar surface area (TPSA) is 75.5 Å². The number of amides is 1. The van der Waals surface area contributed by atoms with Crippen LogP contribution in [0.4, 0.5) is 5.69 Å². The third kappa shape index (κ3) is 3.30. The van der Waals surface area contributed by atoms with Crippen LogP contribution in [0.3, 0.4) is 0 Å². The quantitative estimate of drug-likeness (QED) is 0.663. The highest BCUT2D eigenvalue weighted by Gasteiger charge is 2.20. The summed E-state index contributed by atoms with van der Waals surface area (Å²) in [6.07, 6.45) is 0.913. The van der Waals surface area contributed by atoms with Crippen LogP contribution in [0.5, 0.6) is 0 Å². The van der Waals surface area contributed by atoms with E-state index in [9.17, 15) is 14.9 Å². The van der Waals surface area contributed by atoms with E-state index in [1.807, 2.05) is 0 Å². The Morgan fingerprint density at radius 2 is 2.16 bits per heavy atom. The average Bonchev–Trinajstić information content (AvgIpc) is 2.66. The zero-order valence-corrected chi connectivity index (χ0v) is 11.9. The Morgan fingerprint density at radius 1 is 1.37 bits per heavy atom. The van der Waals surface area contributed by atoms with E-state index in [0.29, 0.717) is 23.1 Å². The van der Waals surface area contributed by atoms with Gasteiger partial charge in [-0.15, -0.1) is 0 Å². The van der Waals surface area contributed by atoms with Crippen molar-refractivity contribution in [3.63, 3.8) is 0 Å². The van der Waals surface area contributed by atoms with Crippen molar-refractivity contribution in [1.29, 1.82) is 0 Å². The van der Waals surface area contributed by atoms with Crippen LogP contribution < -0.4 is 5.32 Å². The number of carbonyl (C=O) groups excluding carboxylic acids is 1. The SMILES string of the molecule is O=C(c1ccc([N+](=O)[O-])cc1Br)N1CCCNCC1. The summed E-state index contributed by atoms with van der Waals surface area (Å²) in [5.74, 6) is -0.0922. The Kier molecular flexibility index (Phi) is 4.49. The summed E-state index contributed by atoms with van der Waals surface area (Å²) in [4.78, 5) is 24.3. The fourth-order valence-corrected chi connectivity index (χ4v) is 2.55. The number of nitrogens with one attached hydrogen (secondary N) is 1. The fraction of sp³-hybridized carbons (Fsp3) is 0.417. The van der Waals surface area contributed by atoms with Crippen LogP contribution in [0.1, 0.15) is 16.8 Å². The molecule has 0 spiro atoms. The molecule has 0 unspecified atom stereocenters. The normalized spacial score (nSPS) is 15.9. The van der Waals surface area contributed by atoms with Crippen molar-refractivity contribution in [2.75, 3.05) is 26.2 Å². The number of hydrogen-bond acceptors (Lipinski definition) is 4. The van der Waals surface area contributed by atoms with E-state index in [-0.39, 0.29) is 11.6 Å². The second-order valence-electron chi connectivity index (χ2n) is 4.32. The molecule has 0 aromatic heterocycles. The molecule has 1 N–H and O–H groups in total. The molecule has 0 radical (unpaired) electrons. The third-order valence-electron chi connectivity index (χ3n) is 3.02. The highest BCUT2D eigenvalue weighted by molar-refractivity contribution is 9.10. The van der Waals surface area contributed by atoms with Crippen LogP contribution >= 0.6 is 15.9 Å². The smallest absolute Gasteiger partial charge is 0.270 e. The maximum absolute atomic E-state index is 12.4. The maximum Gasteiger partial charge on any atom is 0.270 e. The van der Waals surface area contributed by atoms with Gasteiger partial charge in [-0.05, 0) is 35.0 Å². The first kappa shape index (κ1) is 14.0. The van der Waals surface area contributed by atoms with Crippen LogP contribution in [0.15, 0.2) is 22.7 Å². The van der Waals surface area contributed by atoms with Gasteiger partial charge in [0.15, 0.2) is 0 Å². The Balaban J connectivity index is 2.20. The van der Waals surface area contributed by atoms with Gasteiger partial charge in [0.25, 0.3) is 11.6 Å². The molecular formula is C12H14BrN3O3. The second-order valence-corrected chi connectivity index (χ2v) is 5.17. The molecule has 1 aromatic rings. The molecule has 1 aliphatic heterocycles. The van der Waals surface area contributed by atoms with E-state index in [1.165, 1.54) is 18.2 Å². The highest BCUT2D eigenvalue weighted by atomic mass is 79.9. The van der Waals surface area contributed by atoms with Gasteiger partial charge in [-0.1, -0.05) is 0 Å². The summed E-state index contributed by atoms with van der Waals surface area (Å²) in [6.45, 7) is 3.04. The first-order valence-electron chi connectivity index (χ1n) is 6.03. The van der Waals surface area contributed by atoms with Gasteiger partial charge in [-0.2, -0.15) is 0 Å². The number of rotatable bonds is 2. The number of halogens is 1. The molecule has 1 amide bonds. The molecule has 2 rings (SSSR count). The zero-order valence-electron chi connectivity index (χ0n) is 10.3. The molecule has 6 nitrogen and oxygen atoms in total. The van der Waals surface area contributed by atoms with Crippen molar-refractivity contribution >= 4 is 27.5 Å². The minimum absolute atomic E-state index is 0.0269. The lowest BCUT2D eigenvalue weighted by atomic mass is 10.1. The molecule has 1 aliphatic rings. The molecular weight excluding hydrogens is 314 g/mol. The van der Waals surface area contributed by atoms with E-state index >= 15 is 0 Å². The molecule has 1 heterocycles. The Hall–Kier alpha value is -1.47. The number of nitro benzene ring substituents is 1. The predicted molar refractivity (Wildman–Crippen MR) is 74.2 cm³/mol. The van der Waals surface area contributed by atoms with E-state index in [0.717, 1.165) is 19.5 Å². The van der Waals surface area contributed by atoms with E-state index in [1.54, 1.807) is 4.90 Å². The van der Waals surface area contributed by atoms with E-state index in [2.05, 4.69) is 21.2 Å². The summed E-state index contributed by atoms with van der Waals surface area (Å²) in [5, 5.41) is 13.9. The summed E-state index contributed by atoms with van der Waals surface area (Å²) < 4.78 is 0.462. The Morgan fingerprint density at radius 3 is 2.84 bits per heavy atom. The largest absolute Gasteiger partial charge is 0.337 e. The lowest BCUT2D eigenvalue weighted by molar-refractivity contribution is -0.384. The van der Waals surface area contributed by atoms with Crippen molar-refractivity contribution in [1.82, 2.24) is 10.2 Å². The molecule has 19 heavy (non-hydrogen) atoms. The molecule has 0 bridgehead atoms. The van der Waals surface area contributed by atoms with E-state index in [4.69, 9.17) is 0 Å². The van der Waals surface area contributed by atoms with Gasteiger partial charge in [0.2, 0.25) is 0 Å². The first-order chi connectivity index (χ1) is 9.09. The van der Waals surface area contributed by atoms with Gasteiger partial charge < -0.3 is 10.2 Å². The van der Waals surface area contributed by atoms with Crippen molar-refractivity contribution in [3.8, 4) is 0 Å². The van der Waals surface area contributed by atoms with Crippen LogP contribution in [-0.2, 0) is 0 Å². The zero-order chi connectivity index (χ0) is 13.8. The molecule has 0 atom stereocenters. The highest BCUT2D eigenvalue weighted by Crippen LogP contribution is 2.24. The molecule has 1 saturated heterocycles. The lowest BCUT2D eigenvalue weighted by Gasteiger charge is -2.20. The fourth-order valence-electron chi connectivity index (χ4n) is 2.01. The van der Waals surface area contributed by atoms with Gasteiger partial charge in [0.1, 0.15) is 0 Å². The van der Waals surface area contributed by atoms with Crippen LogP contribution in [-0.4, -0.2) is 41.9 Å². The summed E-state index contributed by atoms with van der Waals surface area (Å²) in [7, 11) is 0. The number of nitrogens with zero attached hydrogens (tertiary/aromatic N) is 2.